The van der Waals surface area contributed by atoms with Crippen LogP contribution in [0.15, 0.2) is 12.2 Å². The van der Waals surface area contributed by atoms with Crippen LogP contribution in [-0.2, 0) is 29.0 Å². The summed E-state index contributed by atoms with van der Waals surface area (Å²) in [6.07, 6.45) is 4.12. The van der Waals surface area contributed by atoms with Crippen LogP contribution in [0.2, 0.25) is 0 Å². The molecule has 0 saturated heterocycles. The maximum atomic E-state index is 13.1. The minimum atomic E-state index is -3.42. The van der Waals surface area contributed by atoms with Crippen molar-refractivity contribution in [1.29, 1.82) is 0 Å². The van der Waals surface area contributed by atoms with Crippen molar-refractivity contribution >= 4 is 33.3 Å². The maximum Gasteiger partial charge on any atom is 0.243 e. The fraction of sp³-hybridized carbons (Fsp3) is 0.760. The molecule has 0 aromatic carbocycles. The molecular formula is C25H45N3O6S. The average Bonchev–Trinajstić information content (AvgIpc) is 2.72. The molecule has 3 N–H and O–H groups in total. The molecule has 202 valence electrons. The van der Waals surface area contributed by atoms with Crippen molar-refractivity contribution < 1.29 is 27.6 Å². The highest BCUT2D eigenvalue weighted by Crippen LogP contribution is 2.11. The summed E-state index contributed by atoms with van der Waals surface area (Å²) >= 11 is 0. The lowest BCUT2D eigenvalue weighted by molar-refractivity contribution is -0.134. The van der Waals surface area contributed by atoms with Gasteiger partial charge in [-0.3, -0.25) is 19.2 Å². The van der Waals surface area contributed by atoms with E-state index in [2.05, 4.69) is 22.5 Å². The van der Waals surface area contributed by atoms with Gasteiger partial charge in [-0.05, 0) is 43.6 Å². The minimum Gasteiger partial charge on any atom is -0.344 e. The summed E-state index contributed by atoms with van der Waals surface area (Å²) in [7, 11) is -3.42. The van der Waals surface area contributed by atoms with Gasteiger partial charge < -0.3 is 16.0 Å². The molecule has 3 unspecified atom stereocenters. The standard InChI is InChI=1S/C25H45N3O6S/c1-9-10-11-12-21(29)28-22(17(4)5)25(32)26-19(13-14-35(8,33)34)24(31)27-20(15-16(2)3)23(30)18(6)7/h16-17,19-20,22H,6,9-15H2,1-5,7-8H3,(H,26,32)(H,27,31)(H,28,29). The predicted molar refractivity (Wildman–Crippen MR) is 138 cm³/mol. The molecule has 0 aliphatic heterocycles. The number of carbonyl (C=O) groups is 4. The first-order valence-corrected chi connectivity index (χ1v) is 14.4. The molecule has 0 fully saturated rings. The van der Waals surface area contributed by atoms with E-state index in [1.54, 1.807) is 20.8 Å². The van der Waals surface area contributed by atoms with Crippen LogP contribution in [-0.4, -0.2) is 62.1 Å². The summed E-state index contributed by atoms with van der Waals surface area (Å²) in [5, 5.41) is 8.00. The van der Waals surface area contributed by atoms with Crippen molar-refractivity contribution in [3.8, 4) is 0 Å². The van der Waals surface area contributed by atoms with Crippen LogP contribution in [0.5, 0.6) is 0 Å². The first-order chi connectivity index (χ1) is 16.1. The fourth-order valence-electron chi connectivity index (χ4n) is 3.45. The highest BCUT2D eigenvalue weighted by molar-refractivity contribution is 7.90. The Morgan fingerprint density at radius 2 is 1.46 bits per heavy atom. The third-order valence-corrected chi connectivity index (χ3v) is 6.42. The Hall–Kier alpha value is -2.23. The summed E-state index contributed by atoms with van der Waals surface area (Å²) in [6.45, 7) is 14.6. The molecule has 35 heavy (non-hydrogen) atoms. The highest BCUT2D eigenvalue weighted by atomic mass is 32.2. The number of nitrogens with one attached hydrogen (secondary N) is 3. The van der Waals surface area contributed by atoms with E-state index in [1.165, 1.54) is 0 Å². The zero-order valence-electron chi connectivity index (χ0n) is 22.4. The van der Waals surface area contributed by atoms with Gasteiger partial charge in [0, 0.05) is 12.7 Å². The molecule has 3 atom stereocenters. The summed E-state index contributed by atoms with van der Waals surface area (Å²) in [6, 6.07) is -2.92. The quantitative estimate of drug-likeness (QED) is 0.201. The van der Waals surface area contributed by atoms with Gasteiger partial charge in [-0.25, -0.2) is 8.42 Å². The smallest absolute Gasteiger partial charge is 0.243 e. The first-order valence-electron chi connectivity index (χ1n) is 12.4. The zero-order valence-corrected chi connectivity index (χ0v) is 23.2. The molecular weight excluding hydrogens is 470 g/mol. The Kier molecular flexibility index (Phi) is 14.7. The Morgan fingerprint density at radius 1 is 0.886 bits per heavy atom. The number of hydrogen-bond donors (Lipinski definition) is 3. The van der Waals surface area contributed by atoms with E-state index in [0.717, 1.165) is 19.1 Å². The number of unbranched alkanes of at least 4 members (excludes halogenated alkanes) is 2. The van der Waals surface area contributed by atoms with Crippen molar-refractivity contribution in [3.63, 3.8) is 0 Å². The summed E-state index contributed by atoms with van der Waals surface area (Å²) in [4.78, 5) is 51.0. The highest BCUT2D eigenvalue weighted by Gasteiger charge is 2.31. The average molecular weight is 516 g/mol. The zero-order chi connectivity index (χ0) is 27.3. The molecule has 0 saturated carbocycles. The van der Waals surface area contributed by atoms with E-state index >= 15 is 0 Å². The van der Waals surface area contributed by atoms with Gasteiger partial charge in [0.25, 0.3) is 0 Å². The van der Waals surface area contributed by atoms with Crippen LogP contribution in [0.1, 0.15) is 80.1 Å². The number of amides is 3. The fourth-order valence-corrected chi connectivity index (χ4v) is 4.11. The largest absolute Gasteiger partial charge is 0.344 e. The van der Waals surface area contributed by atoms with E-state index in [9.17, 15) is 27.6 Å². The van der Waals surface area contributed by atoms with Crippen LogP contribution in [0.4, 0.5) is 0 Å². The molecule has 0 bridgehead atoms. The second kappa shape index (κ2) is 15.7. The second-order valence-corrected chi connectivity index (χ2v) is 12.3. The van der Waals surface area contributed by atoms with Gasteiger partial charge in [0.05, 0.1) is 11.8 Å². The summed E-state index contributed by atoms with van der Waals surface area (Å²) in [5.74, 6) is -2.30. The number of hydrogen-bond acceptors (Lipinski definition) is 6. The molecule has 10 heteroatoms. The molecule has 0 heterocycles. The second-order valence-electron chi connectivity index (χ2n) is 10.1. The van der Waals surface area contributed by atoms with Gasteiger partial charge in [-0.15, -0.1) is 0 Å². The Labute approximate surface area is 211 Å². The first kappa shape index (κ1) is 32.8. The summed E-state index contributed by atoms with van der Waals surface area (Å²) < 4.78 is 23.5. The van der Waals surface area contributed by atoms with Crippen molar-refractivity contribution in [2.75, 3.05) is 12.0 Å². The molecule has 0 aliphatic carbocycles. The van der Waals surface area contributed by atoms with Crippen molar-refractivity contribution in [2.45, 2.75) is 98.2 Å². The van der Waals surface area contributed by atoms with Crippen LogP contribution < -0.4 is 16.0 Å². The summed E-state index contributed by atoms with van der Waals surface area (Å²) in [5.41, 5.74) is 0.290. The maximum absolute atomic E-state index is 13.1. The molecule has 0 aromatic heterocycles. The lowest BCUT2D eigenvalue weighted by Crippen LogP contribution is -2.57. The van der Waals surface area contributed by atoms with Crippen molar-refractivity contribution in [1.82, 2.24) is 16.0 Å². The SMILES string of the molecule is C=C(C)C(=O)C(CC(C)C)NC(=O)C(CCS(C)(=O)=O)NC(=O)C(NC(=O)CCCCC)C(C)C. The Morgan fingerprint density at radius 3 is 1.91 bits per heavy atom. The van der Waals surface area contributed by atoms with Gasteiger partial charge in [0.1, 0.15) is 21.9 Å². The number of carbonyl (C=O) groups excluding carboxylic acids is 4. The van der Waals surface area contributed by atoms with Gasteiger partial charge in [0.2, 0.25) is 17.7 Å². The monoisotopic (exact) mass is 515 g/mol. The van der Waals surface area contributed by atoms with Crippen LogP contribution in [0, 0.1) is 11.8 Å². The van der Waals surface area contributed by atoms with Crippen LogP contribution >= 0.6 is 0 Å². The van der Waals surface area contributed by atoms with Gasteiger partial charge in [-0.2, -0.15) is 0 Å². The molecule has 0 spiro atoms. The topological polar surface area (TPSA) is 139 Å². The lowest BCUT2D eigenvalue weighted by atomic mass is 9.96. The van der Waals surface area contributed by atoms with E-state index < -0.39 is 39.8 Å². The molecule has 0 rings (SSSR count). The van der Waals surface area contributed by atoms with Gasteiger partial charge in [-0.1, -0.05) is 54.0 Å². The number of Topliss-reactive ketones (excluding diaryl/α,β-unsaturated/α-hetero) is 1. The van der Waals surface area contributed by atoms with E-state index in [0.29, 0.717) is 24.8 Å². The number of ketones is 1. The van der Waals surface area contributed by atoms with Gasteiger partial charge in [0.15, 0.2) is 5.78 Å². The van der Waals surface area contributed by atoms with Crippen LogP contribution in [0.25, 0.3) is 0 Å². The number of rotatable bonds is 17. The third kappa shape index (κ3) is 14.0. The Bertz CT molecular complexity index is 851. The van der Waals surface area contributed by atoms with E-state index in [4.69, 9.17) is 0 Å². The predicted octanol–water partition coefficient (Wildman–Crippen LogP) is 2.30. The molecule has 0 aliphatic rings. The lowest BCUT2D eigenvalue weighted by Gasteiger charge is -2.27. The van der Waals surface area contributed by atoms with Crippen molar-refractivity contribution in [2.24, 2.45) is 11.8 Å². The molecule has 0 radical (unpaired) electrons. The molecule has 0 aromatic rings. The molecule has 3 amide bonds. The normalized spacial score (nSPS) is 14.2. The van der Waals surface area contributed by atoms with Gasteiger partial charge >= 0.3 is 0 Å². The van der Waals surface area contributed by atoms with E-state index in [1.807, 2.05) is 20.8 Å². The minimum absolute atomic E-state index is 0.0981. The van der Waals surface area contributed by atoms with E-state index in [-0.39, 0.29) is 35.7 Å². The van der Waals surface area contributed by atoms with Crippen LogP contribution in [0.3, 0.4) is 0 Å². The molecule has 9 nitrogen and oxygen atoms in total. The Balaban J connectivity index is 5.67. The third-order valence-electron chi connectivity index (χ3n) is 5.44. The van der Waals surface area contributed by atoms with Crippen molar-refractivity contribution in [3.05, 3.63) is 12.2 Å². The number of sulfone groups is 1.